The topological polar surface area (TPSA) is 77.2 Å². The van der Waals surface area contributed by atoms with Gasteiger partial charge in [0.05, 0.1) is 18.5 Å². The molecule has 3 N–H and O–H groups in total. The molecule has 0 fully saturated rings. The summed E-state index contributed by atoms with van der Waals surface area (Å²) in [6, 6.07) is 3.41. The largest absolute Gasteiger partial charge is 0.465 e. The Morgan fingerprint density at radius 3 is 3.00 bits per heavy atom. The van der Waals surface area contributed by atoms with Crippen LogP contribution in [0.5, 0.6) is 0 Å². The van der Waals surface area contributed by atoms with Crippen LogP contribution in [0.15, 0.2) is 18.3 Å². The van der Waals surface area contributed by atoms with Gasteiger partial charge in [-0.3, -0.25) is 4.79 Å². The Morgan fingerprint density at radius 1 is 1.64 bits per heavy atom. The number of rotatable bonds is 4. The highest BCUT2D eigenvalue weighted by atomic mass is 16.5. The average molecular weight is 195 g/mol. The van der Waals surface area contributed by atoms with E-state index >= 15 is 0 Å². The second-order valence-corrected chi connectivity index (χ2v) is 2.64. The van der Waals surface area contributed by atoms with Crippen LogP contribution in [0, 0.1) is 0 Å². The second kappa shape index (κ2) is 5.06. The molecule has 0 bridgehead atoms. The quantitative estimate of drug-likeness (QED) is 0.689. The van der Waals surface area contributed by atoms with Crippen LogP contribution in [0.3, 0.4) is 0 Å². The molecule has 0 radical (unpaired) electrons. The standard InChI is InChI=1S/C9H13N3O2/c1-2-14-9(13)6-12-8-4-3-7(10)5-11-8/h3-5H,2,6,10H2,1H3,(H,11,12). The summed E-state index contributed by atoms with van der Waals surface area (Å²) in [6.07, 6.45) is 1.52. The summed E-state index contributed by atoms with van der Waals surface area (Å²) in [5.41, 5.74) is 6.04. The minimum absolute atomic E-state index is 0.116. The molecule has 0 unspecified atom stereocenters. The molecular formula is C9H13N3O2. The third kappa shape index (κ3) is 3.30. The molecular weight excluding hydrogens is 182 g/mol. The highest BCUT2D eigenvalue weighted by molar-refractivity contribution is 5.74. The van der Waals surface area contributed by atoms with Crippen molar-refractivity contribution in [2.45, 2.75) is 6.92 Å². The van der Waals surface area contributed by atoms with Crippen molar-refractivity contribution in [2.75, 3.05) is 24.2 Å². The lowest BCUT2D eigenvalue weighted by Gasteiger charge is -2.04. The van der Waals surface area contributed by atoms with Crippen LogP contribution in [0.4, 0.5) is 11.5 Å². The van der Waals surface area contributed by atoms with Gasteiger partial charge in [-0.25, -0.2) is 4.98 Å². The Hall–Kier alpha value is -1.78. The Morgan fingerprint density at radius 2 is 2.43 bits per heavy atom. The molecule has 14 heavy (non-hydrogen) atoms. The van der Waals surface area contributed by atoms with Crippen molar-refractivity contribution in [1.29, 1.82) is 0 Å². The SMILES string of the molecule is CCOC(=O)CNc1ccc(N)cn1. The van der Waals surface area contributed by atoms with E-state index in [1.54, 1.807) is 19.1 Å². The minimum Gasteiger partial charge on any atom is -0.465 e. The number of nitrogens with two attached hydrogens (primary N) is 1. The summed E-state index contributed by atoms with van der Waals surface area (Å²) in [5.74, 6) is 0.304. The van der Waals surface area contributed by atoms with E-state index in [0.717, 1.165) is 0 Å². The van der Waals surface area contributed by atoms with Crippen LogP contribution in [-0.2, 0) is 9.53 Å². The maximum absolute atomic E-state index is 10.9. The van der Waals surface area contributed by atoms with E-state index in [4.69, 9.17) is 10.5 Å². The van der Waals surface area contributed by atoms with E-state index in [1.807, 2.05) is 0 Å². The van der Waals surface area contributed by atoms with Crippen molar-refractivity contribution in [3.8, 4) is 0 Å². The normalized spacial score (nSPS) is 9.50. The zero-order valence-corrected chi connectivity index (χ0v) is 7.99. The zero-order chi connectivity index (χ0) is 10.4. The molecule has 0 atom stereocenters. The van der Waals surface area contributed by atoms with Crippen LogP contribution < -0.4 is 11.1 Å². The van der Waals surface area contributed by atoms with Crippen molar-refractivity contribution < 1.29 is 9.53 Å². The Bertz CT molecular complexity index is 297. The number of nitrogen functional groups attached to an aromatic ring is 1. The van der Waals surface area contributed by atoms with Gasteiger partial charge in [0.25, 0.3) is 0 Å². The van der Waals surface area contributed by atoms with Crippen LogP contribution in [0.1, 0.15) is 6.92 Å². The highest BCUT2D eigenvalue weighted by Gasteiger charge is 2.00. The fourth-order valence-corrected chi connectivity index (χ4v) is 0.885. The monoisotopic (exact) mass is 195 g/mol. The van der Waals surface area contributed by atoms with Crippen LogP contribution in [0.2, 0.25) is 0 Å². The molecule has 0 saturated carbocycles. The molecule has 0 saturated heterocycles. The van der Waals surface area contributed by atoms with Gasteiger partial charge in [-0.1, -0.05) is 0 Å². The van der Waals surface area contributed by atoms with Gasteiger partial charge in [0, 0.05) is 0 Å². The van der Waals surface area contributed by atoms with Gasteiger partial charge in [-0.2, -0.15) is 0 Å². The highest BCUT2D eigenvalue weighted by Crippen LogP contribution is 2.04. The lowest BCUT2D eigenvalue weighted by Crippen LogP contribution is -2.17. The molecule has 5 heteroatoms. The number of aromatic nitrogens is 1. The number of pyridine rings is 1. The van der Waals surface area contributed by atoms with E-state index in [9.17, 15) is 4.79 Å². The van der Waals surface area contributed by atoms with Crippen LogP contribution in [0.25, 0.3) is 0 Å². The molecule has 0 aromatic carbocycles. The van der Waals surface area contributed by atoms with Gasteiger partial charge in [-0.15, -0.1) is 0 Å². The fraction of sp³-hybridized carbons (Fsp3) is 0.333. The molecule has 0 aliphatic carbocycles. The van der Waals surface area contributed by atoms with Gasteiger partial charge in [0.2, 0.25) is 0 Å². The first-order valence-electron chi connectivity index (χ1n) is 4.33. The molecule has 0 aliphatic rings. The number of carbonyl (C=O) groups is 1. The summed E-state index contributed by atoms with van der Waals surface area (Å²) < 4.78 is 4.73. The van der Waals surface area contributed by atoms with Crippen molar-refractivity contribution in [1.82, 2.24) is 4.98 Å². The summed E-state index contributed by atoms with van der Waals surface area (Å²) in [4.78, 5) is 14.9. The third-order valence-corrected chi connectivity index (χ3v) is 1.51. The molecule has 1 aromatic heterocycles. The molecule has 1 aromatic rings. The first-order valence-corrected chi connectivity index (χ1v) is 4.33. The first kappa shape index (κ1) is 10.3. The average Bonchev–Trinajstić information content (AvgIpc) is 2.17. The number of anilines is 2. The van der Waals surface area contributed by atoms with Gasteiger partial charge in [0.1, 0.15) is 12.4 Å². The van der Waals surface area contributed by atoms with Crippen molar-refractivity contribution in [3.63, 3.8) is 0 Å². The number of carbonyl (C=O) groups excluding carboxylic acids is 1. The van der Waals surface area contributed by atoms with Gasteiger partial charge in [-0.05, 0) is 19.1 Å². The fourth-order valence-electron chi connectivity index (χ4n) is 0.885. The maximum atomic E-state index is 10.9. The number of ether oxygens (including phenoxy) is 1. The van der Waals surface area contributed by atoms with Gasteiger partial charge in [0.15, 0.2) is 0 Å². The van der Waals surface area contributed by atoms with E-state index in [-0.39, 0.29) is 12.5 Å². The summed E-state index contributed by atoms with van der Waals surface area (Å²) in [6.45, 7) is 2.26. The molecule has 0 amide bonds. The lowest BCUT2D eigenvalue weighted by atomic mass is 10.4. The smallest absolute Gasteiger partial charge is 0.325 e. The number of hydrogen-bond donors (Lipinski definition) is 2. The number of nitrogens with zero attached hydrogens (tertiary/aromatic N) is 1. The second-order valence-electron chi connectivity index (χ2n) is 2.64. The molecule has 1 heterocycles. The van der Waals surface area contributed by atoms with Crippen molar-refractivity contribution >= 4 is 17.5 Å². The predicted octanol–water partition coefficient (Wildman–Crippen LogP) is 0.639. The Balaban J connectivity index is 2.38. The summed E-state index contributed by atoms with van der Waals surface area (Å²) in [7, 11) is 0. The predicted molar refractivity (Wildman–Crippen MR) is 53.8 cm³/mol. The lowest BCUT2D eigenvalue weighted by molar-refractivity contribution is -0.140. The summed E-state index contributed by atoms with van der Waals surface area (Å²) in [5, 5.41) is 2.82. The number of nitrogens with one attached hydrogen (secondary N) is 1. The molecule has 0 spiro atoms. The summed E-state index contributed by atoms with van der Waals surface area (Å²) >= 11 is 0. The van der Waals surface area contributed by atoms with Gasteiger partial charge >= 0.3 is 5.97 Å². The van der Waals surface area contributed by atoms with Crippen LogP contribution in [-0.4, -0.2) is 24.1 Å². The Labute approximate surface area is 82.3 Å². The van der Waals surface area contributed by atoms with Crippen molar-refractivity contribution in [2.24, 2.45) is 0 Å². The third-order valence-electron chi connectivity index (χ3n) is 1.51. The first-order chi connectivity index (χ1) is 6.72. The molecule has 0 aliphatic heterocycles. The molecule has 5 nitrogen and oxygen atoms in total. The Kier molecular flexibility index (Phi) is 3.72. The molecule has 76 valence electrons. The molecule has 1 rings (SSSR count). The minimum atomic E-state index is -0.300. The van der Waals surface area contributed by atoms with E-state index < -0.39 is 0 Å². The maximum Gasteiger partial charge on any atom is 0.325 e. The number of esters is 1. The van der Waals surface area contributed by atoms with E-state index in [2.05, 4.69) is 10.3 Å². The van der Waals surface area contributed by atoms with Crippen molar-refractivity contribution in [3.05, 3.63) is 18.3 Å². The van der Waals surface area contributed by atoms with E-state index in [0.29, 0.717) is 18.1 Å². The van der Waals surface area contributed by atoms with E-state index in [1.165, 1.54) is 6.20 Å². The van der Waals surface area contributed by atoms with Gasteiger partial charge < -0.3 is 15.8 Å². The zero-order valence-electron chi connectivity index (χ0n) is 7.99. The number of hydrogen-bond acceptors (Lipinski definition) is 5. The van der Waals surface area contributed by atoms with Crippen LogP contribution >= 0.6 is 0 Å².